The molecule has 0 spiro atoms. The van der Waals surface area contributed by atoms with E-state index < -0.39 is 15.8 Å². The topological polar surface area (TPSA) is 112 Å². The van der Waals surface area contributed by atoms with Gasteiger partial charge in [-0.1, -0.05) is 6.58 Å². The van der Waals surface area contributed by atoms with E-state index >= 15 is 0 Å². The first-order valence-corrected chi connectivity index (χ1v) is 7.44. The number of aliphatic carboxylic acids is 1. The highest BCUT2D eigenvalue weighted by atomic mass is 32.2. The van der Waals surface area contributed by atoms with Crippen LogP contribution in [0, 0.1) is 0 Å². The number of phenolic OH excluding ortho intramolecular Hbond substituents is 2. The van der Waals surface area contributed by atoms with Gasteiger partial charge >= 0.3 is 5.97 Å². The highest BCUT2D eigenvalue weighted by Gasteiger charge is 2.17. The Labute approximate surface area is 127 Å². The molecule has 0 aliphatic rings. The van der Waals surface area contributed by atoms with Gasteiger partial charge in [0.25, 0.3) is 0 Å². The van der Waals surface area contributed by atoms with Gasteiger partial charge in [0.1, 0.15) is 11.5 Å². The molecule has 2 rings (SSSR count). The molecular weight excluding hydrogens is 308 g/mol. The number of carboxylic acid groups (broad SMARTS) is 1. The highest BCUT2D eigenvalue weighted by molar-refractivity contribution is 7.91. The van der Waals surface area contributed by atoms with Crippen molar-refractivity contribution in [2.24, 2.45) is 0 Å². The summed E-state index contributed by atoms with van der Waals surface area (Å²) >= 11 is 0. The number of sulfone groups is 1. The largest absolute Gasteiger partial charge is 0.508 e. The van der Waals surface area contributed by atoms with E-state index in [0.29, 0.717) is 0 Å². The Balaban J connectivity index is 0.000000422. The van der Waals surface area contributed by atoms with Gasteiger partial charge < -0.3 is 15.3 Å². The molecule has 0 heterocycles. The van der Waals surface area contributed by atoms with Crippen molar-refractivity contribution in [2.45, 2.75) is 9.79 Å². The van der Waals surface area contributed by atoms with Gasteiger partial charge in [-0.15, -0.1) is 0 Å². The van der Waals surface area contributed by atoms with Gasteiger partial charge in [-0.2, -0.15) is 0 Å². The van der Waals surface area contributed by atoms with Gasteiger partial charge in [-0.05, 0) is 48.5 Å². The maximum absolute atomic E-state index is 12.1. The van der Waals surface area contributed by atoms with Crippen LogP contribution in [0.1, 0.15) is 0 Å². The fourth-order valence-electron chi connectivity index (χ4n) is 1.39. The molecule has 0 unspecified atom stereocenters. The van der Waals surface area contributed by atoms with Crippen LogP contribution in [0.25, 0.3) is 0 Å². The summed E-state index contributed by atoms with van der Waals surface area (Å²) in [5.41, 5.74) is 0. The molecule has 116 valence electrons. The standard InChI is InChI=1S/C12H10O4S.C3H4O2/c13-9-1-5-11(6-2-9)17(15,16)12-7-3-10(14)4-8-12;1-2-3(4)5/h1-8,13-14H;2H,1H2,(H,4,5). The summed E-state index contributed by atoms with van der Waals surface area (Å²) in [4.78, 5) is 9.45. The van der Waals surface area contributed by atoms with Gasteiger partial charge in [0, 0.05) is 6.08 Å². The fourth-order valence-corrected chi connectivity index (χ4v) is 2.65. The first kappa shape index (κ1) is 17.3. The Hall–Kier alpha value is -2.80. The lowest BCUT2D eigenvalue weighted by atomic mass is 10.3. The van der Waals surface area contributed by atoms with E-state index in [-0.39, 0.29) is 21.3 Å². The number of carbonyl (C=O) groups is 1. The summed E-state index contributed by atoms with van der Waals surface area (Å²) in [5, 5.41) is 25.8. The van der Waals surface area contributed by atoms with Gasteiger partial charge in [0.2, 0.25) is 9.84 Å². The Morgan fingerprint density at radius 1 is 0.864 bits per heavy atom. The Bertz CT molecular complexity index is 694. The van der Waals surface area contributed by atoms with E-state index in [0.717, 1.165) is 6.08 Å². The van der Waals surface area contributed by atoms with Crippen LogP contribution in [0.15, 0.2) is 71.0 Å². The van der Waals surface area contributed by atoms with Crippen molar-refractivity contribution in [3.05, 3.63) is 61.2 Å². The molecule has 0 saturated carbocycles. The molecule has 2 aromatic carbocycles. The molecule has 3 N–H and O–H groups in total. The maximum atomic E-state index is 12.1. The summed E-state index contributed by atoms with van der Waals surface area (Å²) in [6.07, 6.45) is 0.833. The molecular formula is C15H14O6S. The van der Waals surface area contributed by atoms with E-state index in [2.05, 4.69) is 6.58 Å². The fraction of sp³-hybridized carbons (Fsp3) is 0. The molecule has 0 saturated heterocycles. The van der Waals surface area contributed by atoms with Crippen molar-refractivity contribution in [1.29, 1.82) is 0 Å². The first-order chi connectivity index (χ1) is 10.3. The van der Waals surface area contributed by atoms with E-state index in [4.69, 9.17) is 15.3 Å². The van der Waals surface area contributed by atoms with E-state index in [1.165, 1.54) is 48.5 Å². The van der Waals surface area contributed by atoms with Crippen molar-refractivity contribution in [3.8, 4) is 11.5 Å². The minimum atomic E-state index is -3.59. The zero-order valence-corrected chi connectivity index (χ0v) is 12.2. The third-order valence-electron chi connectivity index (χ3n) is 2.47. The molecule has 22 heavy (non-hydrogen) atoms. The van der Waals surface area contributed by atoms with Crippen LogP contribution in [-0.2, 0) is 14.6 Å². The number of carboxylic acids is 1. The molecule has 0 atom stereocenters. The molecule has 7 heteroatoms. The van der Waals surface area contributed by atoms with Crippen LogP contribution in [0.3, 0.4) is 0 Å². The number of hydrogen-bond acceptors (Lipinski definition) is 5. The smallest absolute Gasteiger partial charge is 0.327 e. The summed E-state index contributed by atoms with van der Waals surface area (Å²) in [6, 6.07) is 10.6. The minimum Gasteiger partial charge on any atom is -0.508 e. The number of aromatic hydroxyl groups is 2. The lowest BCUT2D eigenvalue weighted by Crippen LogP contribution is -2.01. The molecule has 0 aromatic heterocycles. The monoisotopic (exact) mass is 322 g/mol. The zero-order valence-electron chi connectivity index (χ0n) is 11.4. The average Bonchev–Trinajstić information content (AvgIpc) is 2.48. The second-order valence-corrected chi connectivity index (χ2v) is 5.98. The minimum absolute atomic E-state index is 0.00894. The molecule has 0 fully saturated rings. The van der Waals surface area contributed by atoms with Gasteiger partial charge in [0.15, 0.2) is 0 Å². The summed E-state index contributed by atoms with van der Waals surface area (Å²) in [5.74, 6) is -0.964. The second kappa shape index (κ2) is 7.28. The Morgan fingerprint density at radius 3 is 1.36 bits per heavy atom. The Kier molecular flexibility index (Phi) is 5.71. The summed E-state index contributed by atoms with van der Waals surface area (Å²) in [7, 11) is -3.59. The SMILES string of the molecule is C=CC(=O)O.O=S(=O)(c1ccc(O)cc1)c1ccc(O)cc1. The summed E-state index contributed by atoms with van der Waals surface area (Å²) < 4.78 is 24.2. The lowest BCUT2D eigenvalue weighted by molar-refractivity contribution is -0.131. The number of phenols is 2. The number of rotatable bonds is 3. The predicted octanol–water partition coefficient (Wildman–Crippen LogP) is 2.19. The van der Waals surface area contributed by atoms with Crippen LogP contribution in [0.2, 0.25) is 0 Å². The van der Waals surface area contributed by atoms with Crippen molar-refractivity contribution in [3.63, 3.8) is 0 Å². The van der Waals surface area contributed by atoms with Crippen LogP contribution in [0.5, 0.6) is 11.5 Å². The number of benzene rings is 2. The van der Waals surface area contributed by atoms with Gasteiger partial charge in [-0.25, -0.2) is 13.2 Å². The van der Waals surface area contributed by atoms with Crippen molar-refractivity contribution >= 4 is 15.8 Å². The van der Waals surface area contributed by atoms with Crippen molar-refractivity contribution in [2.75, 3.05) is 0 Å². The van der Waals surface area contributed by atoms with E-state index in [1.807, 2.05) is 0 Å². The van der Waals surface area contributed by atoms with Crippen molar-refractivity contribution in [1.82, 2.24) is 0 Å². The van der Waals surface area contributed by atoms with Crippen molar-refractivity contribution < 1.29 is 28.5 Å². The quantitative estimate of drug-likeness (QED) is 0.747. The van der Waals surface area contributed by atoms with Gasteiger partial charge in [0.05, 0.1) is 9.79 Å². The third-order valence-corrected chi connectivity index (χ3v) is 4.25. The lowest BCUT2D eigenvalue weighted by Gasteiger charge is -2.04. The molecule has 2 aromatic rings. The molecule has 0 bridgehead atoms. The molecule has 0 amide bonds. The van der Waals surface area contributed by atoms with Crippen LogP contribution in [-0.4, -0.2) is 29.7 Å². The Morgan fingerprint density at radius 2 is 1.14 bits per heavy atom. The predicted molar refractivity (Wildman–Crippen MR) is 79.5 cm³/mol. The van der Waals surface area contributed by atoms with Crippen LogP contribution >= 0.6 is 0 Å². The third kappa shape index (κ3) is 4.64. The normalized spacial score (nSPS) is 10.2. The maximum Gasteiger partial charge on any atom is 0.327 e. The molecule has 0 aliphatic heterocycles. The van der Waals surface area contributed by atoms with Crippen LogP contribution < -0.4 is 0 Å². The summed E-state index contributed by atoms with van der Waals surface area (Å²) in [6.45, 7) is 2.96. The van der Waals surface area contributed by atoms with Crippen LogP contribution in [0.4, 0.5) is 0 Å². The zero-order chi connectivity index (χ0) is 16.8. The molecule has 0 aliphatic carbocycles. The first-order valence-electron chi connectivity index (χ1n) is 5.96. The van der Waals surface area contributed by atoms with Gasteiger partial charge in [-0.3, -0.25) is 0 Å². The van der Waals surface area contributed by atoms with E-state index in [1.54, 1.807) is 0 Å². The molecule has 0 radical (unpaired) electrons. The second-order valence-electron chi connectivity index (χ2n) is 4.03. The average molecular weight is 322 g/mol. The highest BCUT2D eigenvalue weighted by Crippen LogP contribution is 2.23. The number of hydrogen-bond donors (Lipinski definition) is 3. The van der Waals surface area contributed by atoms with E-state index in [9.17, 15) is 13.2 Å². The molecule has 6 nitrogen and oxygen atoms in total.